The van der Waals surface area contributed by atoms with Gasteiger partial charge in [0.25, 0.3) is 5.91 Å². The Morgan fingerprint density at radius 3 is 2.33 bits per heavy atom. The Bertz CT molecular complexity index is 839. The Balaban J connectivity index is 1.79. The largest absolute Gasteiger partial charge is 0.333 e. The summed E-state index contributed by atoms with van der Waals surface area (Å²) in [6.45, 7) is 6.03. The molecular formula is C17H19N5OS. The van der Waals surface area contributed by atoms with Crippen LogP contribution in [-0.2, 0) is 0 Å². The van der Waals surface area contributed by atoms with E-state index in [1.807, 2.05) is 52.1 Å². The number of carbonyl (C=O) groups is 1. The van der Waals surface area contributed by atoms with E-state index in [1.54, 1.807) is 33.5 Å². The maximum atomic E-state index is 12.7. The van der Waals surface area contributed by atoms with Gasteiger partial charge in [0.2, 0.25) is 0 Å². The van der Waals surface area contributed by atoms with E-state index in [0.29, 0.717) is 5.56 Å². The van der Waals surface area contributed by atoms with Crippen molar-refractivity contribution in [3.05, 3.63) is 58.1 Å². The molecule has 0 aliphatic rings. The molecule has 0 spiro atoms. The van der Waals surface area contributed by atoms with Gasteiger partial charge in [-0.2, -0.15) is 0 Å². The molecule has 2 aromatic heterocycles. The summed E-state index contributed by atoms with van der Waals surface area (Å²) in [5.74, 6) is -0.0251. The molecule has 0 saturated carbocycles. The molecule has 3 rings (SSSR count). The third-order valence-corrected chi connectivity index (χ3v) is 4.97. The predicted octanol–water partition coefficient (Wildman–Crippen LogP) is 3.17. The van der Waals surface area contributed by atoms with Gasteiger partial charge in [-0.05, 0) is 45.0 Å². The van der Waals surface area contributed by atoms with Crippen molar-refractivity contribution in [3.8, 4) is 5.69 Å². The zero-order valence-corrected chi connectivity index (χ0v) is 14.9. The van der Waals surface area contributed by atoms with Crippen molar-refractivity contribution in [2.24, 2.45) is 0 Å². The van der Waals surface area contributed by atoms with Crippen LogP contribution in [0.25, 0.3) is 5.69 Å². The average Bonchev–Trinajstić information content (AvgIpc) is 3.22. The maximum Gasteiger partial charge on any atom is 0.254 e. The Hall–Kier alpha value is -2.54. The van der Waals surface area contributed by atoms with Crippen molar-refractivity contribution in [2.75, 3.05) is 7.05 Å². The molecule has 7 heteroatoms. The van der Waals surface area contributed by atoms with Crippen LogP contribution in [0.2, 0.25) is 0 Å². The average molecular weight is 341 g/mol. The van der Waals surface area contributed by atoms with Crippen molar-refractivity contribution in [3.63, 3.8) is 0 Å². The molecule has 3 aromatic rings. The van der Waals surface area contributed by atoms with E-state index in [4.69, 9.17) is 0 Å². The fourth-order valence-corrected chi connectivity index (χ4v) is 3.51. The van der Waals surface area contributed by atoms with Gasteiger partial charge < -0.3 is 4.90 Å². The molecule has 0 saturated heterocycles. The number of hydrogen-bond donors (Lipinski definition) is 0. The minimum Gasteiger partial charge on any atom is -0.333 e. The van der Waals surface area contributed by atoms with Crippen LogP contribution < -0.4 is 0 Å². The molecule has 6 nitrogen and oxygen atoms in total. The molecular weight excluding hydrogens is 322 g/mol. The number of thiazole rings is 1. The summed E-state index contributed by atoms with van der Waals surface area (Å²) < 4.78 is 1.79. The highest BCUT2D eigenvalue weighted by Crippen LogP contribution is 2.27. The van der Waals surface area contributed by atoms with E-state index in [9.17, 15) is 4.79 Å². The van der Waals surface area contributed by atoms with Crippen molar-refractivity contribution in [1.82, 2.24) is 24.6 Å². The molecule has 1 unspecified atom stereocenters. The number of amides is 1. The molecule has 1 aromatic carbocycles. The monoisotopic (exact) mass is 341 g/mol. The van der Waals surface area contributed by atoms with Crippen molar-refractivity contribution in [1.29, 1.82) is 0 Å². The zero-order chi connectivity index (χ0) is 17.3. The second-order valence-corrected chi connectivity index (χ2v) is 7.09. The molecule has 1 amide bonds. The van der Waals surface area contributed by atoms with Crippen LogP contribution in [-0.4, -0.2) is 37.6 Å². The Labute approximate surface area is 144 Å². The Morgan fingerprint density at radius 2 is 1.79 bits per heavy atom. The number of nitrogens with zero attached hydrogens (tertiary/aromatic N) is 5. The molecule has 1 atom stereocenters. The molecule has 0 bridgehead atoms. The van der Waals surface area contributed by atoms with Gasteiger partial charge in [0.15, 0.2) is 0 Å². The van der Waals surface area contributed by atoms with Crippen molar-refractivity contribution < 1.29 is 4.79 Å². The summed E-state index contributed by atoms with van der Waals surface area (Å²) >= 11 is 1.66. The van der Waals surface area contributed by atoms with Gasteiger partial charge in [-0.15, -0.1) is 21.5 Å². The fraction of sp³-hybridized carbons (Fsp3) is 0.294. The number of rotatable bonds is 4. The van der Waals surface area contributed by atoms with E-state index in [2.05, 4.69) is 15.2 Å². The molecule has 0 aliphatic heterocycles. The highest BCUT2D eigenvalue weighted by Gasteiger charge is 2.22. The summed E-state index contributed by atoms with van der Waals surface area (Å²) in [5.41, 5.74) is 2.53. The highest BCUT2D eigenvalue weighted by molar-refractivity contribution is 7.11. The fourth-order valence-electron chi connectivity index (χ4n) is 2.61. The highest BCUT2D eigenvalue weighted by atomic mass is 32.1. The number of benzene rings is 1. The standard InChI is InChI=1S/C17H19N5OS/c1-11(16-12(2)24-13(3)20-16)21(4)17(23)14-5-7-15(8-6-14)22-9-18-19-10-22/h5-11H,1-4H3. The molecule has 0 N–H and O–H groups in total. The van der Waals surface area contributed by atoms with Crippen LogP contribution in [0.1, 0.15) is 38.9 Å². The van der Waals surface area contributed by atoms with Crippen LogP contribution >= 0.6 is 11.3 Å². The molecule has 2 heterocycles. The van der Waals surface area contributed by atoms with E-state index in [0.717, 1.165) is 21.3 Å². The SMILES string of the molecule is Cc1nc(C(C)N(C)C(=O)c2ccc(-n3cnnc3)cc2)c(C)s1. The molecule has 124 valence electrons. The first-order valence-corrected chi connectivity index (χ1v) is 8.45. The van der Waals surface area contributed by atoms with E-state index in [1.165, 1.54) is 0 Å². The third kappa shape index (κ3) is 3.07. The Morgan fingerprint density at radius 1 is 1.17 bits per heavy atom. The summed E-state index contributed by atoms with van der Waals surface area (Å²) in [5, 5.41) is 8.59. The lowest BCUT2D eigenvalue weighted by atomic mass is 10.1. The lowest BCUT2D eigenvalue weighted by Gasteiger charge is -2.24. The predicted molar refractivity (Wildman–Crippen MR) is 93.5 cm³/mol. The number of hydrogen-bond acceptors (Lipinski definition) is 5. The van der Waals surface area contributed by atoms with Crippen LogP contribution in [0.4, 0.5) is 0 Å². The van der Waals surface area contributed by atoms with Gasteiger partial charge in [-0.3, -0.25) is 9.36 Å². The van der Waals surface area contributed by atoms with Gasteiger partial charge in [0.05, 0.1) is 16.7 Å². The van der Waals surface area contributed by atoms with Crippen molar-refractivity contribution in [2.45, 2.75) is 26.8 Å². The first-order chi connectivity index (χ1) is 11.5. The molecule has 0 radical (unpaired) electrons. The van der Waals surface area contributed by atoms with Gasteiger partial charge in [-0.25, -0.2) is 4.98 Å². The second kappa shape index (κ2) is 6.52. The van der Waals surface area contributed by atoms with Crippen LogP contribution in [0.5, 0.6) is 0 Å². The molecule has 0 fully saturated rings. The minimum atomic E-state index is -0.0695. The number of aromatic nitrogens is 4. The molecule has 0 aliphatic carbocycles. The smallest absolute Gasteiger partial charge is 0.254 e. The second-order valence-electron chi connectivity index (χ2n) is 5.68. The summed E-state index contributed by atoms with van der Waals surface area (Å²) in [7, 11) is 1.81. The topological polar surface area (TPSA) is 63.9 Å². The van der Waals surface area contributed by atoms with E-state index in [-0.39, 0.29) is 11.9 Å². The van der Waals surface area contributed by atoms with Gasteiger partial charge in [0.1, 0.15) is 12.7 Å². The molecule has 24 heavy (non-hydrogen) atoms. The lowest BCUT2D eigenvalue weighted by molar-refractivity contribution is 0.0740. The van der Waals surface area contributed by atoms with E-state index < -0.39 is 0 Å². The summed E-state index contributed by atoms with van der Waals surface area (Å²) in [4.78, 5) is 20.2. The number of carbonyl (C=O) groups excluding carboxylic acids is 1. The number of aryl methyl sites for hydroxylation is 2. The third-order valence-electron chi connectivity index (χ3n) is 4.07. The van der Waals surface area contributed by atoms with Gasteiger partial charge in [-0.1, -0.05) is 0 Å². The lowest BCUT2D eigenvalue weighted by Crippen LogP contribution is -2.30. The first-order valence-electron chi connectivity index (χ1n) is 7.63. The summed E-state index contributed by atoms with van der Waals surface area (Å²) in [6.07, 6.45) is 3.25. The van der Waals surface area contributed by atoms with Crippen LogP contribution in [0.3, 0.4) is 0 Å². The van der Waals surface area contributed by atoms with Crippen LogP contribution in [0, 0.1) is 13.8 Å². The first kappa shape index (κ1) is 16.3. The quantitative estimate of drug-likeness (QED) is 0.731. The van der Waals surface area contributed by atoms with E-state index >= 15 is 0 Å². The van der Waals surface area contributed by atoms with Crippen LogP contribution in [0.15, 0.2) is 36.9 Å². The van der Waals surface area contributed by atoms with Crippen molar-refractivity contribution >= 4 is 17.2 Å². The Kier molecular flexibility index (Phi) is 4.44. The normalized spacial score (nSPS) is 12.2. The van der Waals surface area contributed by atoms with Gasteiger partial charge >= 0.3 is 0 Å². The minimum absolute atomic E-state index is 0.0251. The summed E-state index contributed by atoms with van der Waals surface area (Å²) in [6, 6.07) is 7.33. The van der Waals surface area contributed by atoms with Gasteiger partial charge in [0, 0.05) is 23.2 Å². The zero-order valence-electron chi connectivity index (χ0n) is 14.1. The maximum absolute atomic E-state index is 12.7.